The lowest BCUT2D eigenvalue weighted by molar-refractivity contribution is 0.0280. The number of nitrogens with zero attached hydrogens (tertiary/aromatic N) is 1. The summed E-state index contributed by atoms with van der Waals surface area (Å²) < 4.78 is 54.1. The number of hydrogen-bond acceptors (Lipinski definition) is 9. The molecule has 0 radical (unpaired) electrons. The van der Waals surface area contributed by atoms with E-state index in [2.05, 4.69) is 4.18 Å². The Balaban J connectivity index is 1.45. The molecule has 0 saturated heterocycles. The topological polar surface area (TPSA) is 114 Å². The molecular weight excluding hydrogens is 514 g/mol. The molecule has 2 aromatic carbocycles. The van der Waals surface area contributed by atoms with Crippen LogP contribution in [0.5, 0.6) is 5.75 Å². The van der Waals surface area contributed by atoms with Gasteiger partial charge in [0.05, 0.1) is 39.3 Å². The molecule has 1 aromatic heterocycles. The fraction of sp³-hybridized carbons (Fsp3) is 0.444. The van der Waals surface area contributed by atoms with Gasteiger partial charge in [-0.3, -0.25) is 9.08 Å². The van der Waals surface area contributed by atoms with Crippen LogP contribution in [0.25, 0.3) is 22.3 Å². The van der Waals surface area contributed by atoms with Crippen molar-refractivity contribution in [2.45, 2.75) is 26.4 Å². The van der Waals surface area contributed by atoms with E-state index in [1.54, 1.807) is 7.05 Å². The molecule has 0 fully saturated rings. The summed E-state index contributed by atoms with van der Waals surface area (Å²) in [5.41, 5.74) is 1.76. The highest BCUT2D eigenvalue weighted by atomic mass is 32.2. The first-order chi connectivity index (χ1) is 17.9. The standard InChI is InChI=1S/C27H35NO9S/c1-27(2,3)37-26(29)28(4)22-8-6-20(7-9-22)25-19-21-18-23(10-11-24(21)36-25)34-16-14-32-12-13-33-15-17-35-38(5,30)31/h6-11,18-19H,12-17H2,1-5H3. The first-order valence-corrected chi connectivity index (χ1v) is 14.0. The van der Waals surface area contributed by atoms with Crippen LogP contribution in [0.2, 0.25) is 0 Å². The molecular formula is C27H35NO9S. The van der Waals surface area contributed by atoms with Crippen molar-refractivity contribution in [3.63, 3.8) is 0 Å². The monoisotopic (exact) mass is 549 g/mol. The summed E-state index contributed by atoms with van der Waals surface area (Å²) in [7, 11) is -1.77. The summed E-state index contributed by atoms with van der Waals surface area (Å²) >= 11 is 0. The van der Waals surface area contributed by atoms with Gasteiger partial charge >= 0.3 is 6.09 Å². The number of fused-ring (bicyclic) bond motifs is 1. The van der Waals surface area contributed by atoms with E-state index in [-0.39, 0.29) is 13.2 Å². The van der Waals surface area contributed by atoms with E-state index in [0.29, 0.717) is 43.6 Å². The van der Waals surface area contributed by atoms with Gasteiger partial charge in [0.1, 0.15) is 29.3 Å². The van der Waals surface area contributed by atoms with E-state index in [1.165, 1.54) is 4.90 Å². The number of carbonyl (C=O) groups excluding carboxylic acids is 1. The molecule has 208 valence electrons. The summed E-state index contributed by atoms with van der Waals surface area (Å²) in [6, 6.07) is 15.0. The average Bonchev–Trinajstić information content (AvgIpc) is 3.26. The van der Waals surface area contributed by atoms with Crippen LogP contribution in [0.4, 0.5) is 10.5 Å². The average molecular weight is 550 g/mol. The number of hydrogen-bond donors (Lipinski definition) is 0. The highest BCUT2D eigenvalue weighted by Crippen LogP contribution is 2.31. The quantitative estimate of drug-likeness (QED) is 0.218. The van der Waals surface area contributed by atoms with Crippen LogP contribution in [0, 0.1) is 0 Å². The Bertz CT molecular complexity index is 1290. The van der Waals surface area contributed by atoms with Gasteiger partial charge in [0, 0.05) is 23.7 Å². The van der Waals surface area contributed by atoms with E-state index in [4.69, 9.17) is 23.4 Å². The lowest BCUT2D eigenvalue weighted by Crippen LogP contribution is -2.34. The predicted octanol–water partition coefficient (Wildman–Crippen LogP) is 4.86. The van der Waals surface area contributed by atoms with Crippen LogP contribution in [0.15, 0.2) is 52.9 Å². The molecule has 0 bridgehead atoms. The minimum absolute atomic E-state index is 0.0170. The Hall–Kier alpha value is -3.12. The molecule has 0 unspecified atom stereocenters. The van der Waals surface area contributed by atoms with Crippen molar-refractivity contribution >= 4 is 32.9 Å². The van der Waals surface area contributed by atoms with Crippen LogP contribution < -0.4 is 9.64 Å². The van der Waals surface area contributed by atoms with Crippen molar-refractivity contribution in [1.29, 1.82) is 0 Å². The minimum Gasteiger partial charge on any atom is -0.491 e. The minimum atomic E-state index is -3.44. The van der Waals surface area contributed by atoms with Gasteiger partial charge in [-0.2, -0.15) is 8.42 Å². The second-order valence-electron chi connectivity index (χ2n) is 9.50. The molecule has 0 atom stereocenters. The van der Waals surface area contributed by atoms with Crippen molar-refractivity contribution in [2.75, 3.05) is 57.8 Å². The van der Waals surface area contributed by atoms with Gasteiger partial charge in [-0.25, -0.2) is 4.79 Å². The zero-order valence-electron chi connectivity index (χ0n) is 22.4. The Morgan fingerprint density at radius 1 is 0.895 bits per heavy atom. The third-order valence-electron chi connectivity index (χ3n) is 5.09. The van der Waals surface area contributed by atoms with Crippen molar-refractivity contribution < 1.29 is 40.8 Å². The molecule has 0 spiro atoms. The van der Waals surface area contributed by atoms with Crippen molar-refractivity contribution in [1.82, 2.24) is 0 Å². The first kappa shape index (κ1) is 29.4. The van der Waals surface area contributed by atoms with Crippen LogP contribution in [-0.2, 0) is 28.5 Å². The predicted molar refractivity (Wildman–Crippen MR) is 144 cm³/mol. The molecule has 0 aliphatic rings. The summed E-state index contributed by atoms with van der Waals surface area (Å²) in [6.07, 6.45) is 0.575. The zero-order chi connectivity index (χ0) is 27.8. The van der Waals surface area contributed by atoms with Gasteiger partial charge < -0.3 is 23.4 Å². The van der Waals surface area contributed by atoms with E-state index >= 15 is 0 Å². The molecule has 1 amide bonds. The maximum Gasteiger partial charge on any atom is 0.414 e. The number of rotatable bonds is 13. The van der Waals surface area contributed by atoms with E-state index in [0.717, 1.165) is 22.8 Å². The second kappa shape index (κ2) is 13.1. The van der Waals surface area contributed by atoms with Gasteiger partial charge in [0.2, 0.25) is 0 Å². The van der Waals surface area contributed by atoms with Crippen LogP contribution >= 0.6 is 0 Å². The van der Waals surface area contributed by atoms with Gasteiger partial charge in [0.25, 0.3) is 10.1 Å². The van der Waals surface area contributed by atoms with E-state index in [9.17, 15) is 13.2 Å². The number of carbonyl (C=O) groups is 1. The zero-order valence-corrected chi connectivity index (χ0v) is 23.2. The van der Waals surface area contributed by atoms with Crippen molar-refractivity contribution in [3.05, 3.63) is 48.5 Å². The van der Waals surface area contributed by atoms with Gasteiger partial charge in [-0.15, -0.1) is 0 Å². The Kier molecular flexibility index (Phi) is 10.1. The molecule has 0 saturated carbocycles. The van der Waals surface area contributed by atoms with Gasteiger partial charge in [-0.1, -0.05) is 0 Å². The molecule has 10 nitrogen and oxygen atoms in total. The fourth-order valence-electron chi connectivity index (χ4n) is 3.32. The van der Waals surface area contributed by atoms with Crippen LogP contribution in [0.1, 0.15) is 20.8 Å². The summed E-state index contributed by atoms with van der Waals surface area (Å²) in [5, 5.41) is 0.901. The fourth-order valence-corrected chi connectivity index (χ4v) is 3.69. The van der Waals surface area contributed by atoms with E-state index in [1.807, 2.05) is 69.3 Å². The van der Waals surface area contributed by atoms with Crippen LogP contribution in [0.3, 0.4) is 0 Å². The highest BCUT2D eigenvalue weighted by molar-refractivity contribution is 7.85. The number of anilines is 1. The lowest BCUT2D eigenvalue weighted by atomic mass is 10.1. The number of ether oxygens (including phenoxy) is 4. The molecule has 38 heavy (non-hydrogen) atoms. The third-order valence-corrected chi connectivity index (χ3v) is 5.68. The van der Waals surface area contributed by atoms with E-state index < -0.39 is 21.8 Å². The molecule has 1 heterocycles. The number of furan rings is 1. The van der Waals surface area contributed by atoms with Crippen molar-refractivity contribution in [2.24, 2.45) is 0 Å². The Morgan fingerprint density at radius 3 is 2.16 bits per heavy atom. The second-order valence-corrected chi connectivity index (χ2v) is 11.1. The SMILES string of the molecule is CN(C(=O)OC(C)(C)C)c1ccc(-c2cc3cc(OCCOCCOCCOS(C)(=O)=O)ccc3o2)cc1. The number of amides is 1. The van der Waals surface area contributed by atoms with Crippen LogP contribution in [-0.4, -0.2) is 73.1 Å². The van der Waals surface area contributed by atoms with Gasteiger partial charge in [-0.05, 0) is 69.3 Å². The maximum atomic E-state index is 12.3. The Morgan fingerprint density at radius 2 is 1.53 bits per heavy atom. The molecule has 0 aliphatic carbocycles. The highest BCUT2D eigenvalue weighted by Gasteiger charge is 2.20. The Labute approximate surface area is 223 Å². The summed E-state index contributed by atoms with van der Waals surface area (Å²) in [4.78, 5) is 13.8. The first-order valence-electron chi connectivity index (χ1n) is 12.1. The van der Waals surface area contributed by atoms with Crippen molar-refractivity contribution in [3.8, 4) is 17.1 Å². The number of benzene rings is 2. The molecule has 0 N–H and O–H groups in total. The normalized spacial score (nSPS) is 12.0. The lowest BCUT2D eigenvalue weighted by Gasteiger charge is -2.24. The molecule has 3 rings (SSSR count). The summed E-state index contributed by atoms with van der Waals surface area (Å²) in [5.74, 6) is 1.39. The maximum absolute atomic E-state index is 12.3. The molecule has 3 aromatic rings. The smallest absolute Gasteiger partial charge is 0.414 e. The third kappa shape index (κ3) is 9.64. The summed E-state index contributed by atoms with van der Waals surface area (Å²) in [6.45, 7) is 7.07. The van der Waals surface area contributed by atoms with Gasteiger partial charge in [0.15, 0.2) is 0 Å². The molecule has 11 heteroatoms. The largest absolute Gasteiger partial charge is 0.491 e. The molecule has 0 aliphatic heterocycles.